The quantitative estimate of drug-likeness (QED) is 0.724. The van der Waals surface area contributed by atoms with E-state index >= 15 is 0 Å². The average molecular weight is 185 g/mol. The standard InChI is InChI=1S/C11H23NO/c1-5-9-7-12(4)10(11(9)13)6-8(2)3/h8-11,13H,5-7H2,1-4H3/t9?,10-,11-/m1/s1. The van der Waals surface area contributed by atoms with Crippen molar-refractivity contribution in [3.8, 4) is 0 Å². The summed E-state index contributed by atoms with van der Waals surface area (Å²) in [6.07, 6.45) is 2.12. The molecule has 78 valence electrons. The smallest absolute Gasteiger partial charge is 0.0735 e. The van der Waals surface area contributed by atoms with E-state index < -0.39 is 0 Å². The molecular formula is C11H23NO. The van der Waals surface area contributed by atoms with E-state index in [9.17, 15) is 5.11 Å². The summed E-state index contributed by atoms with van der Waals surface area (Å²) in [5.41, 5.74) is 0. The molecule has 0 saturated carbocycles. The molecule has 0 aromatic heterocycles. The van der Waals surface area contributed by atoms with Gasteiger partial charge in [-0.25, -0.2) is 0 Å². The van der Waals surface area contributed by atoms with E-state index in [1.54, 1.807) is 0 Å². The Morgan fingerprint density at radius 2 is 2.08 bits per heavy atom. The molecule has 0 spiro atoms. The monoisotopic (exact) mass is 185 g/mol. The van der Waals surface area contributed by atoms with Gasteiger partial charge in [-0.1, -0.05) is 20.8 Å². The molecule has 1 fully saturated rings. The number of rotatable bonds is 3. The van der Waals surface area contributed by atoms with Crippen molar-refractivity contribution in [2.75, 3.05) is 13.6 Å². The lowest BCUT2D eigenvalue weighted by Gasteiger charge is -2.24. The van der Waals surface area contributed by atoms with Crippen molar-refractivity contribution in [2.24, 2.45) is 11.8 Å². The Hall–Kier alpha value is -0.0800. The van der Waals surface area contributed by atoms with E-state index in [0.29, 0.717) is 17.9 Å². The minimum Gasteiger partial charge on any atom is -0.391 e. The van der Waals surface area contributed by atoms with Crippen molar-refractivity contribution < 1.29 is 5.11 Å². The number of hydrogen-bond acceptors (Lipinski definition) is 2. The predicted molar refractivity (Wildman–Crippen MR) is 55.7 cm³/mol. The van der Waals surface area contributed by atoms with Gasteiger partial charge in [0.25, 0.3) is 0 Å². The Bertz CT molecular complexity index is 158. The molecule has 3 atom stereocenters. The van der Waals surface area contributed by atoms with Crippen LogP contribution in [-0.2, 0) is 0 Å². The summed E-state index contributed by atoms with van der Waals surface area (Å²) >= 11 is 0. The zero-order chi connectivity index (χ0) is 10.0. The van der Waals surface area contributed by atoms with Crippen LogP contribution in [0.25, 0.3) is 0 Å². The predicted octanol–water partition coefficient (Wildman–Crippen LogP) is 1.73. The van der Waals surface area contributed by atoms with Crippen LogP contribution in [0.1, 0.15) is 33.6 Å². The molecule has 1 unspecified atom stereocenters. The minimum atomic E-state index is -0.0996. The molecule has 2 nitrogen and oxygen atoms in total. The maximum absolute atomic E-state index is 10.0. The van der Waals surface area contributed by atoms with Crippen molar-refractivity contribution in [3.63, 3.8) is 0 Å². The van der Waals surface area contributed by atoms with Gasteiger partial charge in [-0.2, -0.15) is 0 Å². The van der Waals surface area contributed by atoms with Crippen LogP contribution in [0.5, 0.6) is 0 Å². The first-order valence-electron chi connectivity index (χ1n) is 5.44. The molecule has 0 radical (unpaired) electrons. The molecule has 1 aliphatic rings. The number of nitrogens with zero attached hydrogens (tertiary/aromatic N) is 1. The van der Waals surface area contributed by atoms with Crippen LogP contribution in [-0.4, -0.2) is 35.7 Å². The molecule has 1 N–H and O–H groups in total. The van der Waals surface area contributed by atoms with E-state index in [-0.39, 0.29) is 6.10 Å². The Balaban J connectivity index is 2.53. The number of likely N-dealkylation sites (N-methyl/N-ethyl adjacent to an activating group) is 1. The molecule has 1 aliphatic heterocycles. The lowest BCUT2D eigenvalue weighted by atomic mass is 9.94. The van der Waals surface area contributed by atoms with Gasteiger partial charge in [0.2, 0.25) is 0 Å². The molecule has 0 bridgehead atoms. The van der Waals surface area contributed by atoms with Gasteiger partial charge >= 0.3 is 0 Å². The van der Waals surface area contributed by atoms with Crippen molar-refractivity contribution in [2.45, 2.75) is 45.8 Å². The zero-order valence-electron chi connectivity index (χ0n) is 9.33. The normalized spacial score (nSPS) is 36.0. The summed E-state index contributed by atoms with van der Waals surface area (Å²) in [5.74, 6) is 1.17. The molecular weight excluding hydrogens is 162 g/mol. The van der Waals surface area contributed by atoms with Gasteiger partial charge in [0.1, 0.15) is 0 Å². The highest BCUT2D eigenvalue weighted by Gasteiger charge is 2.37. The number of aliphatic hydroxyl groups is 1. The fourth-order valence-corrected chi connectivity index (χ4v) is 2.36. The van der Waals surface area contributed by atoms with E-state index in [4.69, 9.17) is 0 Å². The van der Waals surface area contributed by atoms with E-state index in [1.807, 2.05) is 0 Å². The molecule has 0 amide bonds. The van der Waals surface area contributed by atoms with Crippen LogP contribution in [0.3, 0.4) is 0 Å². The van der Waals surface area contributed by atoms with Crippen LogP contribution in [0.2, 0.25) is 0 Å². The summed E-state index contributed by atoms with van der Waals surface area (Å²) in [6.45, 7) is 7.67. The maximum atomic E-state index is 10.0. The molecule has 1 saturated heterocycles. The van der Waals surface area contributed by atoms with Gasteiger partial charge in [0.05, 0.1) is 6.10 Å². The fraction of sp³-hybridized carbons (Fsp3) is 1.00. The molecule has 0 aromatic carbocycles. The van der Waals surface area contributed by atoms with E-state index in [2.05, 4.69) is 32.7 Å². The first-order chi connectivity index (χ1) is 6.06. The van der Waals surface area contributed by atoms with Gasteiger partial charge in [-0.15, -0.1) is 0 Å². The van der Waals surface area contributed by atoms with Crippen LogP contribution in [0, 0.1) is 11.8 Å². The second kappa shape index (κ2) is 4.43. The second-order valence-electron chi connectivity index (χ2n) is 4.80. The Kier molecular flexibility index (Phi) is 3.74. The van der Waals surface area contributed by atoms with Gasteiger partial charge < -0.3 is 10.0 Å². The van der Waals surface area contributed by atoms with Crippen LogP contribution >= 0.6 is 0 Å². The van der Waals surface area contributed by atoms with E-state index in [1.165, 1.54) is 0 Å². The van der Waals surface area contributed by atoms with Crippen LogP contribution in [0.15, 0.2) is 0 Å². The maximum Gasteiger partial charge on any atom is 0.0735 e. The summed E-state index contributed by atoms with van der Waals surface area (Å²) in [4.78, 5) is 2.32. The summed E-state index contributed by atoms with van der Waals surface area (Å²) in [6, 6.07) is 0.393. The molecule has 0 aromatic rings. The van der Waals surface area contributed by atoms with Gasteiger partial charge in [-0.3, -0.25) is 0 Å². The molecule has 1 rings (SSSR count). The van der Waals surface area contributed by atoms with Gasteiger partial charge in [0, 0.05) is 12.6 Å². The molecule has 13 heavy (non-hydrogen) atoms. The van der Waals surface area contributed by atoms with E-state index in [0.717, 1.165) is 19.4 Å². The number of hydrogen-bond donors (Lipinski definition) is 1. The third kappa shape index (κ3) is 2.44. The lowest BCUT2D eigenvalue weighted by molar-refractivity contribution is 0.0887. The first-order valence-corrected chi connectivity index (χ1v) is 5.44. The molecule has 1 heterocycles. The Morgan fingerprint density at radius 1 is 1.46 bits per heavy atom. The number of likely N-dealkylation sites (tertiary alicyclic amines) is 1. The van der Waals surface area contributed by atoms with Crippen molar-refractivity contribution in [3.05, 3.63) is 0 Å². The van der Waals surface area contributed by atoms with Crippen molar-refractivity contribution >= 4 is 0 Å². The third-order valence-corrected chi connectivity index (χ3v) is 3.20. The van der Waals surface area contributed by atoms with Gasteiger partial charge in [0.15, 0.2) is 0 Å². The van der Waals surface area contributed by atoms with Crippen molar-refractivity contribution in [1.82, 2.24) is 4.90 Å². The molecule has 2 heteroatoms. The Labute approximate surface area is 81.9 Å². The Morgan fingerprint density at radius 3 is 2.46 bits per heavy atom. The fourth-order valence-electron chi connectivity index (χ4n) is 2.36. The average Bonchev–Trinajstić information content (AvgIpc) is 2.31. The lowest BCUT2D eigenvalue weighted by Crippen LogP contribution is -2.34. The number of aliphatic hydroxyl groups excluding tert-OH is 1. The van der Waals surface area contributed by atoms with Gasteiger partial charge in [-0.05, 0) is 31.7 Å². The second-order valence-corrected chi connectivity index (χ2v) is 4.80. The zero-order valence-corrected chi connectivity index (χ0v) is 9.33. The minimum absolute atomic E-state index is 0.0996. The van der Waals surface area contributed by atoms with Crippen molar-refractivity contribution in [1.29, 1.82) is 0 Å². The molecule has 0 aliphatic carbocycles. The summed E-state index contributed by atoms with van der Waals surface area (Å²) in [7, 11) is 2.13. The SMILES string of the molecule is CCC1CN(C)[C@H](CC(C)C)[C@@H]1O. The largest absolute Gasteiger partial charge is 0.391 e. The topological polar surface area (TPSA) is 23.5 Å². The summed E-state index contributed by atoms with van der Waals surface area (Å²) < 4.78 is 0. The third-order valence-electron chi connectivity index (χ3n) is 3.20. The van der Waals surface area contributed by atoms with Crippen LogP contribution in [0.4, 0.5) is 0 Å². The van der Waals surface area contributed by atoms with Crippen LogP contribution < -0.4 is 0 Å². The highest BCUT2D eigenvalue weighted by Crippen LogP contribution is 2.28. The summed E-state index contributed by atoms with van der Waals surface area (Å²) in [5, 5.41) is 10.0. The highest BCUT2D eigenvalue weighted by molar-refractivity contribution is 4.91. The highest BCUT2D eigenvalue weighted by atomic mass is 16.3. The first kappa shape index (κ1) is 11.0.